The maximum atomic E-state index is 11.1. The van der Waals surface area contributed by atoms with Crippen LogP contribution in [0, 0.1) is 10.1 Å². The van der Waals surface area contributed by atoms with E-state index in [9.17, 15) is 10.1 Å². The maximum Gasteiger partial charge on any atom is 0.292 e. The Hall–Kier alpha value is -2.93. The lowest BCUT2D eigenvalue weighted by molar-refractivity contribution is -0.384. The highest BCUT2D eigenvalue weighted by Crippen LogP contribution is 2.29. The van der Waals surface area contributed by atoms with Gasteiger partial charge in [-0.1, -0.05) is 72.8 Å². The van der Waals surface area contributed by atoms with Crippen molar-refractivity contribution in [2.45, 2.75) is 12.5 Å². The van der Waals surface area contributed by atoms with Crippen LogP contribution in [0.5, 0.6) is 0 Å². The largest absolute Gasteiger partial charge is 0.379 e. The SMILES string of the molecule is Cl.O=[N+]([O-])c1ccccc1NCCCN1CCN(C(c2ccccc2)c2ccccc2)CC1. The van der Waals surface area contributed by atoms with Gasteiger partial charge < -0.3 is 10.2 Å². The number of benzene rings is 3. The van der Waals surface area contributed by atoms with Crippen molar-refractivity contribution in [1.82, 2.24) is 9.80 Å². The van der Waals surface area contributed by atoms with Crippen LogP contribution in [0.15, 0.2) is 84.9 Å². The van der Waals surface area contributed by atoms with Crippen molar-refractivity contribution in [3.05, 3.63) is 106 Å². The van der Waals surface area contributed by atoms with E-state index < -0.39 is 0 Å². The average Bonchev–Trinajstić information content (AvgIpc) is 2.84. The molecule has 6 nitrogen and oxygen atoms in total. The second-order valence-corrected chi connectivity index (χ2v) is 8.16. The third-order valence-electron chi connectivity index (χ3n) is 6.07. The van der Waals surface area contributed by atoms with Crippen molar-refractivity contribution < 1.29 is 4.92 Å². The summed E-state index contributed by atoms with van der Waals surface area (Å²) in [6, 6.07) is 28.6. The molecule has 0 unspecified atom stereocenters. The fourth-order valence-electron chi connectivity index (χ4n) is 4.44. The van der Waals surface area contributed by atoms with Crippen molar-refractivity contribution in [3.8, 4) is 0 Å². The smallest absolute Gasteiger partial charge is 0.292 e. The first-order chi connectivity index (χ1) is 15.7. The van der Waals surface area contributed by atoms with Crippen LogP contribution in [-0.4, -0.2) is 54.0 Å². The zero-order chi connectivity index (χ0) is 22.2. The highest BCUT2D eigenvalue weighted by Gasteiger charge is 2.26. The average molecular weight is 467 g/mol. The molecule has 174 valence electrons. The number of nitrogens with zero attached hydrogens (tertiary/aromatic N) is 3. The summed E-state index contributed by atoms with van der Waals surface area (Å²) in [5.74, 6) is 0. The highest BCUT2D eigenvalue weighted by atomic mass is 35.5. The quantitative estimate of drug-likeness (QED) is 0.266. The minimum absolute atomic E-state index is 0. The van der Waals surface area contributed by atoms with Gasteiger partial charge in [0.05, 0.1) is 11.0 Å². The Kier molecular flexibility index (Phi) is 9.24. The van der Waals surface area contributed by atoms with E-state index in [1.54, 1.807) is 12.1 Å². The van der Waals surface area contributed by atoms with Crippen LogP contribution in [0.1, 0.15) is 23.6 Å². The summed E-state index contributed by atoms with van der Waals surface area (Å²) < 4.78 is 0. The van der Waals surface area contributed by atoms with Gasteiger partial charge in [-0.3, -0.25) is 15.0 Å². The predicted octanol–water partition coefficient (Wildman–Crippen LogP) is 5.23. The lowest BCUT2D eigenvalue weighted by Gasteiger charge is -2.39. The lowest BCUT2D eigenvalue weighted by Crippen LogP contribution is -2.48. The van der Waals surface area contributed by atoms with Gasteiger partial charge in [-0.05, 0) is 30.2 Å². The maximum absolute atomic E-state index is 11.1. The van der Waals surface area contributed by atoms with Gasteiger partial charge in [0, 0.05) is 38.8 Å². The molecule has 4 rings (SSSR count). The van der Waals surface area contributed by atoms with Crippen LogP contribution in [0.3, 0.4) is 0 Å². The van der Waals surface area contributed by atoms with Crippen LogP contribution in [0.4, 0.5) is 11.4 Å². The molecule has 1 heterocycles. The van der Waals surface area contributed by atoms with Gasteiger partial charge in [0.1, 0.15) is 5.69 Å². The number of nitro benzene ring substituents is 1. The molecule has 33 heavy (non-hydrogen) atoms. The molecule has 0 aromatic heterocycles. The topological polar surface area (TPSA) is 61.7 Å². The number of rotatable bonds is 9. The molecule has 1 aliphatic rings. The Morgan fingerprint density at radius 3 is 1.94 bits per heavy atom. The Bertz CT molecular complexity index is 956. The van der Waals surface area contributed by atoms with E-state index in [4.69, 9.17) is 0 Å². The van der Waals surface area contributed by atoms with Crippen molar-refractivity contribution in [1.29, 1.82) is 0 Å². The molecule has 0 saturated carbocycles. The van der Waals surface area contributed by atoms with Gasteiger partial charge >= 0.3 is 0 Å². The molecule has 0 radical (unpaired) electrons. The molecule has 0 spiro atoms. The lowest BCUT2D eigenvalue weighted by atomic mass is 9.96. The normalized spacial score (nSPS) is 14.6. The Balaban J connectivity index is 0.00000306. The van der Waals surface area contributed by atoms with Crippen LogP contribution < -0.4 is 5.32 Å². The number of nitro groups is 1. The minimum Gasteiger partial charge on any atom is -0.379 e. The molecule has 7 heteroatoms. The minimum atomic E-state index is -0.336. The molecule has 0 aliphatic carbocycles. The summed E-state index contributed by atoms with van der Waals surface area (Å²) in [5, 5.41) is 14.4. The fourth-order valence-corrected chi connectivity index (χ4v) is 4.44. The van der Waals surface area contributed by atoms with E-state index in [-0.39, 0.29) is 29.1 Å². The molecule has 3 aromatic rings. The molecule has 1 N–H and O–H groups in total. The summed E-state index contributed by atoms with van der Waals surface area (Å²) in [5.41, 5.74) is 3.39. The molecule has 1 saturated heterocycles. The highest BCUT2D eigenvalue weighted by molar-refractivity contribution is 5.85. The van der Waals surface area contributed by atoms with E-state index in [1.165, 1.54) is 17.2 Å². The van der Waals surface area contributed by atoms with Crippen molar-refractivity contribution in [3.63, 3.8) is 0 Å². The van der Waals surface area contributed by atoms with Gasteiger partial charge in [-0.2, -0.15) is 0 Å². The third-order valence-corrected chi connectivity index (χ3v) is 6.07. The van der Waals surface area contributed by atoms with Gasteiger partial charge in [-0.15, -0.1) is 12.4 Å². The zero-order valence-electron chi connectivity index (χ0n) is 18.7. The van der Waals surface area contributed by atoms with Crippen molar-refractivity contribution >= 4 is 23.8 Å². The number of halogens is 1. The second kappa shape index (κ2) is 12.3. The van der Waals surface area contributed by atoms with E-state index >= 15 is 0 Å². The van der Waals surface area contributed by atoms with Crippen molar-refractivity contribution in [2.75, 3.05) is 44.6 Å². The monoisotopic (exact) mass is 466 g/mol. The van der Waals surface area contributed by atoms with E-state index in [1.807, 2.05) is 6.07 Å². The molecular formula is C26H31ClN4O2. The van der Waals surface area contributed by atoms with Crippen LogP contribution in [0.2, 0.25) is 0 Å². The first-order valence-corrected chi connectivity index (χ1v) is 11.3. The molecule has 1 fully saturated rings. The number of hydrogen-bond donors (Lipinski definition) is 1. The predicted molar refractivity (Wildman–Crippen MR) is 136 cm³/mol. The third kappa shape index (κ3) is 6.54. The first-order valence-electron chi connectivity index (χ1n) is 11.3. The molecule has 0 bridgehead atoms. The summed E-state index contributed by atoms with van der Waals surface area (Å²) in [7, 11) is 0. The number of anilines is 1. The Morgan fingerprint density at radius 1 is 0.818 bits per heavy atom. The molecule has 1 aliphatic heterocycles. The van der Waals surface area contributed by atoms with Gasteiger partial charge in [0.2, 0.25) is 0 Å². The zero-order valence-corrected chi connectivity index (χ0v) is 19.5. The van der Waals surface area contributed by atoms with Gasteiger partial charge in [-0.25, -0.2) is 0 Å². The van der Waals surface area contributed by atoms with E-state index in [2.05, 4.69) is 75.8 Å². The summed E-state index contributed by atoms with van der Waals surface area (Å²) in [6.45, 7) is 5.81. The van der Waals surface area contributed by atoms with Gasteiger partial charge in [0.15, 0.2) is 0 Å². The number of hydrogen-bond acceptors (Lipinski definition) is 5. The van der Waals surface area contributed by atoms with Crippen LogP contribution >= 0.6 is 12.4 Å². The number of piperazine rings is 1. The molecule has 0 amide bonds. The number of nitrogens with one attached hydrogen (secondary N) is 1. The van der Waals surface area contributed by atoms with E-state index in [0.717, 1.165) is 45.7 Å². The standard InChI is InChI=1S/C26H30N4O2.ClH/c31-30(32)25-15-8-7-14-24(25)27-16-9-17-28-18-20-29(21-19-28)26(22-10-3-1-4-11-22)23-12-5-2-6-13-23;/h1-8,10-15,26-27H,9,16-21H2;1H. The summed E-state index contributed by atoms with van der Waals surface area (Å²) in [6.07, 6.45) is 0.951. The molecule has 0 atom stereocenters. The molecule has 3 aromatic carbocycles. The van der Waals surface area contributed by atoms with Crippen LogP contribution in [-0.2, 0) is 0 Å². The Labute approximate surface area is 201 Å². The van der Waals surface area contributed by atoms with Crippen LogP contribution in [0.25, 0.3) is 0 Å². The van der Waals surface area contributed by atoms with Crippen molar-refractivity contribution in [2.24, 2.45) is 0 Å². The molecular weight excluding hydrogens is 436 g/mol. The van der Waals surface area contributed by atoms with Gasteiger partial charge in [0.25, 0.3) is 5.69 Å². The summed E-state index contributed by atoms with van der Waals surface area (Å²) in [4.78, 5) is 15.9. The Morgan fingerprint density at radius 2 is 1.36 bits per heavy atom. The number of para-hydroxylation sites is 2. The second-order valence-electron chi connectivity index (χ2n) is 8.16. The van der Waals surface area contributed by atoms with E-state index in [0.29, 0.717) is 5.69 Å². The first kappa shape index (κ1) is 24.7. The summed E-state index contributed by atoms with van der Waals surface area (Å²) >= 11 is 0. The fraction of sp³-hybridized carbons (Fsp3) is 0.308.